The second kappa shape index (κ2) is 7.53. The number of halogens is 2. The van der Waals surface area contributed by atoms with Crippen LogP contribution in [0.1, 0.15) is 38.3 Å². The van der Waals surface area contributed by atoms with Gasteiger partial charge < -0.3 is 5.32 Å². The highest BCUT2D eigenvalue weighted by atomic mass is 79.9. The molecule has 1 fully saturated rings. The van der Waals surface area contributed by atoms with Gasteiger partial charge in [0.05, 0.1) is 0 Å². The van der Waals surface area contributed by atoms with Gasteiger partial charge >= 0.3 is 0 Å². The molecule has 20 heavy (non-hydrogen) atoms. The van der Waals surface area contributed by atoms with Gasteiger partial charge in [-0.25, -0.2) is 4.39 Å². The van der Waals surface area contributed by atoms with Gasteiger partial charge in [-0.15, -0.1) is 0 Å². The number of hydrogen-bond donors (Lipinski definition) is 1. The van der Waals surface area contributed by atoms with Crippen LogP contribution in [0.15, 0.2) is 22.7 Å². The zero-order valence-corrected chi connectivity index (χ0v) is 13.9. The number of hydrogen-bond acceptors (Lipinski definition) is 2. The monoisotopic (exact) mass is 342 g/mol. The summed E-state index contributed by atoms with van der Waals surface area (Å²) >= 11 is 3.47. The summed E-state index contributed by atoms with van der Waals surface area (Å²) in [6, 6.07) is 5.49. The van der Waals surface area contributed by atoms with Gasteiger partial charge in [0, 0.05) is 42.3 Å². The predicted molar refractivity (Wildman–Crippen MR) is 85.4 cm³/mol. The van der Waals surface area contributed by atoms with Crippen LogP contribution in [0.2, 0.25) is 0 Å². The Balaban J connectivity index is 2.21. The maximum atomic E-state index is 14.2. The summed E-state index contributed by atoms with van der Waals surface area (Å²) in [6.07, 6.45) is 2.14. The lowest BCUT2D eigenvalue weighted by atomic mass is 9.95. The van der Waals surface area contributed by atoms with Crippen LogP contribution in [0.5, 0.6) is 0 Å². The summed E-state index contributed by atoms with van der Waals surface area (Å²) in [4.78, 5) is 2.42. The molecule has 0 unspecified atom stereocenters. The van der Waals surface area contributed by atoms with Crippen LogP contribution in [-0.4, -0.2) is 31.1 Å². The minimum Gasteiger partial charge on any atom is -0.314 e. The molecule has 0 bridgehead atoms. The van der Waals surface area contributed by atoms with Crippen molar-refractivity contribution in [3.05, 3.63) is 34.1 Å². The highest BCUT2D eigenvalue weighted by molar-refractivity contribution is 9.10. The largest absolute Gasteiger partial charge is 0.314 e. The molecule has 1 aliphatic rings. The molecular formula is C16H24BrFN2. The highest BCUT2D eigenvalue weighted by Gasteiger charge is 2.24. The van der Waals surface area contributed by atoms with Crippen molar-refractivity contribution in [2.45, 2.75) is 32.7 Å². The second-order valence-corrected chi connectivity index (χ2v) is 6.85. The Bertz CT molecular complexity index is 430. The van der Waals surface area contributed by atoms with E-state index in [2.05, 4.69) is 40.0 Å². The molecule has 4 heteroatoms. The standard InChI is InChI=1S/C16H24BrFN2/c1-12(2)3-6-16(20-9-7-19-8-10-20)14-11-13(17)4-5-15(14)18/h4-5,11-12,16,19H,3,6-10H2,1-2H3/t16-/m1/s1. The molecule has 0 spiro atoms. The SMILES string of the molecule is CC(C)CC[C@H](c1cc(Br)ccc1F)N1CCNCC1. The van der Waals surface area contributed by atoms with Crippen LogP contribution in [0, 0.1) is 11.7 Å². The van der Waals surface area contributed by atoms with Crippen molar-refractivity contribution in [3.63, 3.8) is 0 Å². The van der Waals surface area contributed by atoms with Crippen molar-refractivity contribution in [1.29, 1.82) is 0 Å². The third kappa shape index (κ3) is 4.27. The Morgan fingerprint density at radius 2 is 1.95 bits per heavy atom. The number of rotatable bonds is 5. The molecule has 1 aromatic carbocycles. The highest BCUT2D eigenvalue weighted by Crippen LogP contribution is 2.31. The Morgan fingerprint density at radius 1 is 1.25 bits per heavy atom. The average molecular weight is 343 g/mol. The third-order valence-electron chi connectivity index (χ3n) is 3.93. The topological polar surface area (TPSA) is 15.3 Å². The van der Waals surface area contributed by atoms with Crippen LogP contribution in [0.3, 0.4) is 0 Å². The molecule has 1 N–H and O–H groups in total. The first-order chi connectivity index (χ1) is 9.58. The molecule has 2 nitrogen and oxygen atoms in total. The van der Waals surface area contributed by atoms with Crippen LogP contribution in [-0.2, 0) is 0 Å². The van der Waals surface area contributed by atoms with Crippen molar-refractivity contribution in [3.8, 4) is 0 Å². The van der Waals surface area contributed by atoms with Crippen LogP contribution in [0.4, 0.5) is 4.39 Å². The minimum atomic E-state index is -0.0829. The molecule has 0 amide bonds. The average Bonchev–Trinajstić information content (AvgIpc) is 2.43. The van der Waals surface area contributed by atoms with E-state index in [1.54, 1.807) is 12.1 Å². The molecule has 1 saturated heterocycles. The number of nitrogens with zero attached hydrogens (tertiary/aromatic N) is 1. The quantitative estimate of drug-likeness (QED) is 0.870. The summed E-state index contributed by atoms with van der Waals surface area (Å²) in [7, 11) is 0. The lowest BCUT2D eigenvalue weighted by molar-refractivity contribution is 0.156. The first-order valence-electron chi connectivity index (χ1n) is 7.47. The molecule has 2 rings (SSSR count). The fourth-order valence-electron chi connectivity index (χ4n) is 2.79. The van der Waals surface area contributed by atoms with E-state index in [1.165, 1.54) is 0 Å². The van der Waals surface area contributed by atoms with Crippen molar-refractivity contribution in [2.75, 3.05) is 26.2 Å². The lowest BCUT2D eigenvalue weighted by Gasteiger charge is -2.36. The zero-order valence-electron chi connectivity index (χ0n) is 12.3. The first kappa shape index (κ1) is 15.9. The molecule has 112 valence electrons. The normalized spacial score (nSPS) is 18.4. The maximum absolute atomic E-state index is 14.2. The maximum Gasteiger partial charge on any atom is 0.128 e. The van der Waals surface area contributed by atoms with Gasteiger partial charge in [-0.3, -0.25) is 4.90 Å². The number of nitrogens with one attached hydrogen (secondary N) is 1. The predicted octanol–water partition coefficient (Wildman–Crippen LogP) is 3.97. The molecule has 0 aliphatic carbocycles. The Morgan fingerprint density at radius 3 is 2.60 bits per heavy atom. The summed E-state index contributed by atoms with van der Waals surface area (Å²) in [5.74, 6) is 0.566. The third-order valence-corrected chi connectivity index (χ3v) is 4.42. The van der Waals surface area contributed by atoms with Crippen molar-refractivity contribution < 1.29 is 4.39 Å². The Labute approximate surface area is 129 Å². The van der Waals surface area contributed by atoms with Gasteiger partial charge in [-0.1, -0.05) is 29.8 Å². The van der Waals surface area contributed by atoms with E-state index in [0.717, 1.165) is 49.1 Å². The molecule has 0 aromatic heterocycles. The Kier molecular flexibility index (Phi) is 6.00. The van der Waals surface area contributed by atoms with E-state index in [4.69, 9.17) is 0 Å². The minimum absolute atomic E-state index is 0.0829. The van der Waals surface area contributed by atoms with Crippen molar-refractivity contribution >= 4 is 15.9 Å². The van der Waals surface area contributed by atoms with E-state index in [9.17, 15) is 4.39 Å². The van der Waals surface area contributed by atoms with Crippen molar-refractivity contribution in [2.24, 2.45) is 5.92 Å². The van der Waals surface area contributed by atoms with Gasteiger partial charge in [0.25, 0.3) is 0 Å². The van der Waals surface area contributed by atoms with Gasteiger partial charge in [0.1, 0.15) is 5.82 Å². The van der Waals surface area contributed by atoms with E-state index in [0.29, 0.717) is 5.92 Å². The fourth-order valence-corrected chi connectivity index (χ4v) is 3.17. The van der Waals surface area contributed by atoms with E-state index >= 15 is 0 Å². The van der Waals surface area contributed by atoms with Gasteiger partial charge in [0.15, 0.2) is 0 Å². The molecule has 0 radical (unpaired) electrons. The zero-order chi connectivity index (χ0) is 14.5. The fraction of sp³-hybridized carbons (Fsp3) is 0.625. The molecular weight excluding hydrogens is 319 g/mol. The summed E-state index contributed by atoms with van der Waals surface area (Å²) in [5, 5.41) is 3.37. The number of benzene rings is 1. The molecule has 0 saturated carbocycles. The van der Waals surface area contributed by atoms with Crippen molar-refractivity contribution in [1.82, 2.24) is 10.2 Å². The molecule has 1 heterocycles. The summed E-state index contributed by atoms with van der Waals surface area (Å²) in [5.41, 5.74) is 0.835. The van der Waals surface area contributed by atoms with Gasteiger partial charge in [0.2, 0.25) is 0 Å². The van der Waals surface area contributed by atoms with E-state index in [1.807, 2.05) is 6.07 Å². The van der Waals surface area contributed by atoms with E-state index < -0.39 is 0 Å². The second-order valence-electron chi connectivity index (χ2n) is 5.94. The first-order valence-corrected chi connectivity index (χ1v) is 8.27. The molecule has 1 atom stereocenters. The number of piperazine rings is 1. The van der Waals surface area contributed by atoms with Gasteiger partial charge in [-0.2, -0.15) is 0 Å². The van der Waals surface area contributed by atoms with Gasteiger partial charge in [-0.05, 0) is 37.0 Å². The summed E-state index contributed by atoms with van der Waals surface area (Å²) < 4.78 is 15.2. The smallest absolute Gasteiger partial charge is 0.128 e. The lowest BCUT2D eigenvalue weighted by Crippen LogP contribution is -2.45. The molecule has 1 aromatic rings. The summed E-state index contributed by atoms with van der Waals surface area (Å²) in [6.45, 7) is 8.43. The molecule has 1 aliphatic heterocycles. The van der Waals surface area contributed by atoms with Crippen LogP contribution >= 0.6 is 15.9 Å². The van der Waals surface area contributed by atoms with Crippen LogP contribution < -0.4 is 5.32 Å². The van der Waals surface area contributed by atoms with E-state index in [-0.39, 0.29) is 11.9 Å². The van der Waals surface area contributed by atoms with Crippen LogP contribution in [0.25, 0.3) is 0 Å². The Hall–Kier alpha value is -0.450.